The second-order valence-corrected chi connectivity index (χ2v) is 6.31. The van der Waals surface area contributed by atoms with E-state index in [9.17, 15) is 9.90 Å². The summed E-state index contributed by atoms with van der Waals surface area (Å²) in [6, 6.07) is 11.2. The zero-order valence-corrected chi connectivity index (χ0v) is 14.0. The number of para-hydroxylation sites is 1. The lowest BCUT2D eigenvalue weighted by molar-refractivity contribution is 0.186. The van der Waals surface area contributed by atoms with E-state index in [1.807, 2.05) is 50.2 Å². The molecular formula is C18H19N5O2. The minimum absolute atomic E-state index is 0.0351. The summed E-state index contributed by atoms with van der Waals surface area (Å²) in [7, 11) is 0. The van der Waals surface area contributed by atoms with Crippen LogP contribution in [0.2, 0.25) is 0 Å². The fraction of sp³-hybridized carbons (Fsp3) is 0.222. The number of carbonyl (C=O) groups excluding carboxylic acids is 1. The molecule has 3 heterocycles. The van der Waals surface area contributed by atoms with E-state index in [2.05, 4.69) is 15.7 Å². The first-order valence-corrected chi connectivity index (χ1v) is 8.16. The predicted molar refractivity (Wildman–Crippen MR) is 96.3 cm³/mol. The van der Waals surface area contributed by atoms with Crippen molar-refractivity contribution in [3.8, 4) is 0 Å². The Morgan fingerprint density at radius 1 is 1.28 bits per heavy atom. The monoisotopic (exact) mass is 337 g/mol. The summed E-state index contributed by atoms with van der Waals surface area (Å²) < 4.78 is 1.48. The lowest BCUT2D eigenvalue weighted by Gasteiger charge is -2.22. The standard InChI is InChI=1S/C18H19N5O2/c1-11(2)20-18(25)22-9-8-13-15-14(10-19-16(13)22)17(24)23(21-15)12-6-4-3-5-7-12/h3-11,17,21,24H,1-2H3,(H,20,25). The SMILES string of the molecule is CC(C)NC(=O)n1ccc2c3c(cnc21)C(O)N(c1ccccc1)N3. The molecule has 1 unspecified atom stereocenters. The van der Waals surface area contributed by atoms with Crippen molar-refractivity contribution in [1.29, 1.82) is 0 Å². The molecule has 0 radical (unpaired) electrons. The highest BCUT2D eigenvalue weighted by Gasteiger charge is 2.31. The number of nitrogens with one attached hydrogen (secondary N) is 2. The molecule has 0 fully saturated rings. The van der Waals surface area contributed by atoms with Gasteiger partial charge in [-0.2, -0.15) is 0 Å². The Kier molecular flexibility index (Phi) is 3.58. The summed E-state index contributed by atoms with van der Waals surface area (Å²) in [6.45, 7) is 3.81. The van der Waals surface area contributed by atoms with Crippen molar-refractivity contribution in [2.75, 3.05) is 10.4 Å². The fourth-order valence-electron chi connectivity index (χ4n) is 3.02. The van der Waals surface area contributed by atoms with Crippen LogP contribution in [0.3, 0.4) is 0 Å². The maximum atomic E-state index is 12.3. The molecule has 2 aromatic heterocycles. The van der Waals surface area contributed by atoms with Gasteiger partial charge in [-0.1, -0.05) is 18.2 Å². The number of nitrogens with zero attached hydrogens (tertiary/aromatic N) is 3. The van der Waals surface area contributed by atoms with Gasteiger partial charge in [-0.3, -0.25) is 15.0 Å². The molecule has 0 saturated heterocycles. The smallest absolute Gasteiger partial charge is 0.327 e. The van der Waals surface area contributed by atoms with Gasteiger partial charge < -0.3 is 10.4 Å². The van der Waals surface area contributed by atoms with E-state index in [0.717, 1.165) is 16.8 Å². The number of pyridine rings is 1. The van der Waals surface area contributed by atoms with E-state index in [1.54, 1.807) is 17.4 Å². The highest BCUT2D eigenvalue weighted by molar-refractivity contribution is 5.98. The van der Waals surface area contributed by atoms with E-state index in [0.29, 0.717) is 11.2 Å². The van der Waals surface area contributed by atoms with Crippen LogP contribution in [0.5, 0.6) is 0 Å². The topological polar surface area (TPSA) is 82.4 Å². The van der Waals surface area contributed by atoms with Crippen LogP contribution in [0.25, 0.3) is 11.0 Å². The van der Waals surface area contributed by atoms with Crippen molar-refractivity contribution in [2.24, 2.45) is 0 Å². The van der Waals surface area contributed by atoms with Crippen molar-refractivity contribution in [2.45, 2.75) is 26.1 Å². The normalized spacial score (nSPS) is 16.2. The number of benzene rings is 1. The number of aliphatic hydroxyl groups is 1. The van der Waals surface area contributed by atoms with Crippen LogP contribution in [0, 0.1) is 0 Å². The minimum atomic E-state index is -0.845. The van der Waals surface area contributed by atoms with Crippen LogP contribution in [-0.2, 0) is 0 Å². The summed E-state index contributed by atoms with van der Waals surface area (Å²) in [6.07, 6.45) is 2.45. The molecule has 1 aromatic carbocycles. The summed E-state index contributed by atoms with van der Waals surface area (Å²) in [5.41, 5.74) is 6.07. The third-order valence-electron chi connectivity index (χ3n) is 4.16. The van der Waals surface area contributed by atoms with E-state index < -0.39 is 6.23 Å². The molecule has 3 aromatic rings. The average molecular weight is 337 g/mol. The zero-order valence-electron chi connectivity index (χ0n) is 14.0. The van der Waals surface area contributed by atoms with E-state index >= 15 is 0 Å². The van der Waals surface area contributed by atoms with Gasteiger partial charge in [0, 0.05) is 29.4 Å². The lowest BCUT2D eigenvalue weighted by Crippen LogP contribution is -2.33. The maximum Gasteiger partial charge on any atom is 0.327 e. The van der Waals surface area contributed by atoms with Crippen LogP contribution >= 0.6 is 0 Å². The molecule has 0 aliphatic carbocycles. The molecule has 0 saturated carbocycles. The maximum absolute atomic E-state index is 12.3. The molecule has 1 amide bonds. The molecule has 25 heavy (non-hydrogen) atoms. The number of hydrogen-bond acceptors (Lipinski definition) is 5. The van der Waals surface area contributed by atoms with E-state index in [1.165, 1.54) is 4.57 Å². The molecule has 4 rings (SSSR count). The van der Waals surface area contributed by atoms with Gasteiger partial charge in [0.05, 0.1) is 11.4 Å². The largest absolute Gasteiger partial charge is 0.368 e. The molecule has 0 bridgehead atoms. The van der Waals surface area contributed by atoms with Gasteiger partial charge in [0.1, 0.15) is 5.65 Å². The van der Waals surface area contributed by atoms with Crippen molar-refractivity contribution in [3.63, 3.8) is 0 Å². The Bertz CT molecular complexity index is 935. The van der Waals surface area contributed by atoms with Gasteiger partial charge in [-0.25, -0.2) is 9.78 Å². The number of hydrazine groups is 1. The second kappa shape index (κ2) is 5.78. The number of rotatable bonds is 2. The van der Waals surface area contributed by atoms with Crippen LogP contribution in [0.1, 0.15) is 25.6 Å². The molecule has 3 N–H and O–H groups in total. The van der Waals surface area contributed by atoms with Gasteiger partial charge in [0.25, 0.3) is 0 Å². The number of amides is 1. The number of carbonyl (C=O) groups is 1. The third-order valence-corrected chi connectivity index (χ3v) is 4.16. The highest BCUT2D eigenvalue weighted by atomic mass is 16.3. The molecule has 7 heteroatoms. The summed E-state index contributed by atoms with van der Waals surface area (Å²) in [5.74, 6) is 0. The molecule has 0 spiro atoms. The quantitative estimate of drug-likeness (QED) is 0.670. The van der Waals surface area contributed by atoms with Gasteiger partial charge in [0.15, 0.2) is 6.23 Å². The number of fused-ring (bicyclic) bond motifs is 3. The average Bonchev–Trinajstić information content (AvgIpc) is 3.16. The molecule has 7 nitrogen and oxygen atoms in total. The van der Waals surface area contributed by atoms with Gasteiger partial charge in [-0.05, 0) is 32.0 Å². The van der Waals surface area contributed by atoms with Crippen molar-refractivity contribution >= 4 is 28.4 Å². The van der Waals surface area contributed by atoms with Crippen molar-refractivity contribution in [3.05, 3.63) is 54.4 Å². The lowest BCUT2D eigenvalue weighted by atomic mass is 10.2. The first-order valence-electron chi connectivity index (χ1n) is 8.16. The Balaban J connectivity index is 1.75. The van der Waals surface area contributed by atoms with Crippen LogP contribution in [0.4, 0.5) is 16.2 Å². The minimum Gasteiger partial charge on any atom is -0.368 e. The van der Waals surface area contributed by atoms with Crippen LogP contribution < -0.4 is 15.8 Å². The third kappa shape index (κ3) is 2.49. The van der Waals surface area contributed by atoms with Crippen LogP contribution in [-0.4, -0.2) is 26.7 Å². The van der Waals surface area contributed by atoms with Gasteiger partial charge >= 0.3 is 6.03 Å². The number of aliphatic hydroxyl groups excluding tert-OH is 1. The number of anilines is 2. The molecular weight excluding hydrogens is 318 g/mol. The Morgan fingerprint density at radius 3 is 2.76 bits per heavy atom. The van der Waals surface area contributed by atoms with E-state index in [-0.39, 0.29) is 12.1 Å². The Labute approximate surface area is 144 Å². The van der Waals surface area contributed by atoms with Crippen LogP contribution in [0.15, 0.2) is 48.8 Å². The highest BCUT2D eigenvalue weighted by Crippen LogP contribution is 2.40. The number of aromatic nitrogens is 2. The molecule has 1 atom stereocenters. The first kappa shape index (κ1) is 15.5. The summed E-state index contributed by atoms with van der Waals surface area (Å²) in [4.78, 5) is 16.7. The molecule has 128 valence electrons. The molecule has 1 aliphatic rings. The zero-order chi connectivity index (χ0) is 17.6. The van der Waals surface area contributed by atoms with Gasteiger partial charge in [-0.15, -0.1) is 0 Å². The Hall–Kier alpha value is -3.06. The first-order chi connectivity index (χ1) is 12.1. The number of hydrogen-bond donors (Lipinski definition) is 3. The van der Waals surface area contributed by atoms with Crippen molar-refractivity contribution < 1.29 is 9.90 Å². The molecule has 1 aliphatic heterocycles. The second-order valence-electron chi connectivity index (χ2n) is 6.31. The fourth-order valence-corrected chi connectivity index (χ4v) is 3.02. The Morgan fingerprint density at radius 2 is 2.04 bits per heavy atom. The summed E-state index contributed by atoms with van der Waals surface area (Å²) in [5, 5.41) is 15.9. The van der Waals surface area contributed by atoms with Crippen molar-refractivity contribution in [1.82, 2.24) is 14.9 Å². The predicted octanol–water partition coefficient (Wildman–Crippen LogP) is 2.84. The van der Waals surface area contributed by atoms with Gasteiger partial charge in [0.2, 0.25) is 0 Å². The van der Waals surface area contributed by atoms with E-state index in [4.69, 9.17) is 0 Å². The summed E-state index contributed by atoms with van der Waals surface area (Å²) >= 11 is 0.